The predicted molar refractivity (Wildman–Crippen MR) is 186 cm³/mol. The Morgan fingerprint density at radius 2 is 1.87 bits per heavy atom. The number of nitrogens with zero attached hydrogens (tertiary/aromatic N) is 4. The number of thiazole rings is 1. The fourth-order valence-corrected chi connectivity index (χ4v) is 8.04. The molecule has 0 aliphatic carbocycles. The number of esters is 1. The van der Waals surface area contributed by atoms with Crippen molar-refractivity contribution in [1.29, 1.82) is 0 Å². The van der Waals surface area contributed by atoms with Crippen LogP contribution in [0.5, 0.6) is 11.5 Å². The maximum absolute atomic E-state index is 14.3. The van der Waals surface area contributed by atoms with Crippen molar-refractivity contribution in [2.75, 3.05) is 52.0 Å². The molecular weight excluding hydrogens is 684 g/mol. The number of para-hydroxylation sites is 1. The van der Waals surface area contributed by atoms with E-state index in [1.165, 1.54) is 18.4 Å². The molecule has 0 spiro atoms. The van der Waals surface area contributed by atoms with Gasteiger partial charge in [0.2, 0.25) is 0 Å². The van der Waals surface area contributed by atoms with Gasteiger partial charge in [-0.3, -0.25) is 9.36 Å². The number of halogens is 1. The number of carbonyl (C=O) groups excluding carboxylic acids is 1. The van der Waals surface area contributed by atoms with Crippen LogP contribution in [0.15, 0.2) is 68.0 Å². The van der Waals surface area contributed by atoms with E-state index in [1.807, 2.05) is 25.1 Å². The number of hydrogen-bond donors (Lipinski definition) is 0. The van der Waals surface area contributed by atoms with Crippen molar-refractivity contribution in [3.8, 4) is 17.2 Å². The van der Waals surface area contributed by atoms with Gasteiger partial charge < -0.3 is 28.4 Å². The van der Waals surface area contributed by atoms with Gasteiger partial charge >= 0.3 is 5.97 Å². The molecule has 6 rings (SSSR count). The van der Waals surface area contributed by atoms with Crippen molar-refractivity contribution in [2.45, 2.75) is 33.7 Å². The zero-order valence-electron chi connectivity index (χ0n) is 27.3. The monoisotopic (exact) mass is 720 g/mol. The Kier molecular flexibility index (Phi) is 9.45. The summed E-state index contributed by atoms with van der Waals surface area (Å²) in [6.45, 7) is 10.9. The summed E-state index contributed by atoms with van der Waals surface area (Å²) >= 11 is 5.08. The summed E-state index contributed by atoms with van der Waals surface area (Å²) in [5.74, 6) is 0.384. The van der Waals surface area contributed by atoms with Gasteiger partial charge in [0, 0.05) is 40.2 Å². The molecule has 4 aromatic rings. The fraction of sp³-hybridized carbons (Fsp3) is 0.343. The number of anilines is 1. The summed E-state index contributed by atoms with van der Waals surface area (Å²) in [7, 11) is 3.09. The molecule has 12 heteroatoms. The molecular formula is C35H37BrN4O6S. The minimum absolute atomic E-state index is 0.185. The average Bonchev–Trinajstić information content (AvgIpc) is 3.52. The molecule has 1 fully saturated rings. The third-order valence-corrected chi connectivity index (χ3v) is 10.2. The van der Waals surface area contributed by atoms with Gasteiger partial charge in [0.15, 0.2) is 16.3 Å². The first kappa shape index (κ1) is 32.8. The van der Waals surface area contributed by atoms with Gasteiger partial charge in [0.05, 0.1) is 55.5 Å². The minimum atomic E-state index is -0.827. The molecule has 0 radical (unpaired) electrons. The number of fused-ring (bicyclic) bond motifs is 1. The number of aromatic nitrogens is 2. The summed E-state index contributed by atoms with van der Waals surface area (Å²) in [4.78, 5) is 35.2. The first-order chi connectivity index (χ1) is 22.7. The summed E-state index contributed by atoms with van der Waals surface area (Å²) in [6, 6.07) is 13.1. The van der Waals surface area contributed by atoms with Crippen LogP contribution < -0.4 is 29.3 Å². The summed E-state index contributed by atoms with van der Waals surface area (Å²) in [5, 5.41) is 0. The van der Waals surface area contributed by atoms with E-state index < -0.39 is 12.0 Å². The van der Waals surface area contributed by atoms with Crippen LogP contribution >= 0.6 is 27.3 Å². The van der Waals surface area contributed by atoms with Gasteiger partial charge in [0.1, 0.15) is 6.04 Å². The Morgan fingerprint density at radius 3 is 2.55 bits per heavy atom. The van der Waals surface area contributed by atoms with Crippen LogP contribution in [0.25, 0.3) is 11.8 Å². The standard InChI is InChI=1S/C35H37BrN4O6S/c1-7-46-34(42)30-21(3)37-35-40(31(30)25-9-8-10-28(43-5)32(25)44-6)33(41)29(47-35)18-23-17-20(2)39(22(23)4)24-11-12-27(26(36)19-24)38-13-15-45-16-14-38/h8-12,17-19,31H,7,13-16H2,1-6H3/b29-18-/t31-/m0/s1. The quantitative estimate of drug-likeness (QED) is 0.241. The highest BCUT2D eigenvalue weighted by Crippen LogP contribution is 2.40. The minimum Gasteiger partial charge on any atom is -0.493 e. The number of benzene rings is 2. The van der Waals surface area contributed by atoms with E-state index in [0.29, 0.717) is 32.1 Å². The number of aryl methyl sites for hydroxylation is 1. The van der Waals surface area contributed by atoms with Gasteiger partial charge in [0.25, 0.3) is 5.56 Å². The van der Waals surface area contributed by atoms with Gasteiger partial charge in [-0.05, 0) is 85.6 Å². The second-order valence-corrected chi connectivity index (χ2v) is 13.1. The van der Waals surface area contributed by atoms with Crippen LogP contribution in [0.1, 0.15) is 42.4 Å². The lowest BCUT2D eigenvalue weighted by Crippen LogP contribution is -2.40. The van der Waals surface area contributed by atoms with E-state index in [9.17, 15) is 9.59 Å². The lowest BCUT2D eigenvalue weighted by Gasteiger charge is -2.30. The van der Waals surface area contributed by atoms with Crippen LogP contribution in [-0.2, 0) is 14.3 Å². The zero-order valence-corrected chi connectivity index (χ0v) is 29.7. The maximum atomic E-state index is 14.3. The van der Waals surface area contributed by atoms with Crippen molar-refractivity contribution in [2.24, 2.45) is 4.99 Å². The molecule has 2 aliphatic rings. The number of methoxy groups -OCH3 is 2. The Morgan fingerprint density at radius 1 is 1.11 bits per heavy atom. The summed E-state index contributed by atoms with van der Waals surface area (Å²) in [6.07, 6.45) is 1.91. The lowest BCUT2D eigenvalue weighted by atomic mass is 9.94. The summed E-state index contributed by atoms with van der Waals surface area (Å²) < 4.78 is 27.6. The Hall–Kier alpha value is -4.13. The van der Waals surface area contributed by atoms with Crippen LogP contribution in [-0.4, -0.2) is 62.2 Å². The van der Waals surface area contributed by atoms with E-state index in [4.69, 9.17) is 23.9 Å². The van der Waals surface area contributed by atoms with E-state index in [2.05, 4.69) is 56.6 Å². The molecule has 0 unspecified atom stereocenters. The molecule has 2 aromatic heterocycles. The van der Waals surface area contributed by atoms with Gasteiger partial charge in [-0.1, -0.05) is 23.5 Å². The number of ether oxygens (including phenoxy) is 4. The molecule has 246 valence electrons. The Balaban J connectivity index is 1.47. The Bertz CT molecular complexity index is 2070. The van der Waals surface area contributed by atoms with Crippen LogP contribution in [0.3, 0.4) is 0 Å². The number of rotatable bonds is 8. The molecule has 0 saturated carbocycles. The topological polar surface area (TPSA) is 96.5 Å². The van der Waals surface area contributed by atoms with Crippen molar-refractivity contribution >= 4 is 45.0 Å². The number of morpholine rings is 1. The third-order valence-electron chi connectivity index (χ3n) is 8.54. The highest BCUT2D eigenvalue weighted by molar-refractivity contribution is 9.10. The zero-order chi connectivity index (χ0) is 33.4. The van der Waals surface area contributed by atoms with Crippen molar-refractivity contribution in [3.63, 3.8) is 0 Å². The first-order valence-electron chi connectivity index (χ1n) is 15.4. The normalized spacial score (nSPS) is 16.6. The SMILES string of the molecule is CCOC(=O)C1=C(C)N=c2s/c(=C\c3cc(C)n(-c4ccc(N5CCOCC5)c(Br)c4)c3C)c(=O)n2[C@H]1c1cccc(OC)c1OC. The van der Waals surface area contributed by atoms with Crippen LogP contribution in [0.4, 0.5) is 5.69 Å². The molecule has 1 atom stereocenters. The Labute approximate surface area is 285 Å². The predicted octanol–water partition coefficient (Wildman–Crippen LogP) is 4.82. The van der Waals surface area contributed by atoms with E-state index >= 15 is 0 Å². The second-order valence-electron chi connectivity index (χ2n) is 11.3. The molecule has 2 aliphatic heterocycles. The molecule has 0 amide bonds. The van der Waals surface area contributed by atoms with E-state index in [1.54, 1.807) is 31.6 Å². The summed E-state index contributed by atoms with van der Waals surface area (Å²) in [5.41, 5.74) is 6.20. The second kappa shape index (κ2) is 13.5. The van der Waals surface area contributed by atoms with E-state index in [0.717, 1.165) is 59.1 Å². The van der Waals surface area contributed by atoms with Crippen molar-refractivity contribution in [3.05, 3.63) is 100 Å². The molecule has 10 nitrogen and oxygen atoms in total. The van der Waals surface area contributed by atoms with Gasteiger partial charge in [-0.15, -0.1) is 0 Å². The largest absolute Gasteiger partial charge is 0.493 e. The van der Waals surface area contributed by atoms with Crippen molar-refractivity contribution in [1.82, 2.24) is 9.13 Å². The smallest absolute Gasteiger partial charge is 0.338 e. The first-order valence-corrected chi connectivity index (χ1v) is 17.0. The molecule has 1 saturated heterocycles. The molecule has 0 bridgehead atoms. The maximum Gasteiger partial charge on any atom is 0.338 e. The lowest BCUT2D eigenvalue weighted by molar-refractivity contribution is -0.139. The third kappa shape index (κ3) is 5.94. The number of carbonyl (C=O) groups is 1. The average molecular weight is 722 g/mol. The van der Waals surface area contributed by atoms with Gasteiger partial charge in [-0.2, -0.15) is 0 Å². The molecule has 2 aromatic carbocycles. The van der Waals surface area contributed by atoms with Gasteiger partial charge in [-0.25, -0.2) is 9.79 Å². The highest BCUT2D eigenvalue weighted by Gasteiger charge is 2.36. The molecule has 4 heterocycles. The van der Waals surface area contributed by atoms with Crippen molar-refractivity contribution < 1.29 is 23.7 Å². The highest BCUT2D eigenvalue weighted by atomic mass is 79.9. The van der Waals surface area contributed by atoms with E-state index in [-0.39, 0.29) is 17.7 Å². The fourth-order valence-electron chi connectivity index (χ4n) is 6.38. The van der Waals surface area contributed by atoms with Crippen LogP contribution in [0.2, 0.25) is 0 Å². The van der Waals surface area contributed by atoms with Crippen LogP contribution in [0, 0.1) is 13.8 Å². The molecule has 0 N–H and O–H groups in total. The number of hydrogen-bond acceptors (Lipinski definition) is 9. The number of allylic oxidation sites excluding steroid dienone is 1. The molecule has 47 heavy (non-hydrogen) atoms.